The summed E-state index contributed by atoms with van der Waals surface area (Å²) in [6, 6.07) is 7.45. The fraction of sp³-hybridized carbons (Fsp3) is 0.333. The third kappa shape index (κ3) is 4.93. The summed E-state index contributed by atoms with van der Waals surface area (Å²) in [5.74, 6) is 0.589. The minimum absolute atomic E-state index is 0.0921. The van der Waals surface area contributed by atoms with E-state index in [0.717, 1.165) is 6.54 Å². The van der Waals surface area contributed by atoms with Crippen LogP contribution in [0.3, 0.4) is 0 Å². The monoisotopic (exact) mass is 478 g/mol. The van der Waals surface area contributed by atoms with E-state index in [0.29, 0.717) is 39.8 Å². The van der Waals surface area contributed by atoms with Crippen LogP contribution < -0.4 is 14.4 Å². The second-order valence-electron chi connectivity index (χ2n) is 7.18. The fourth-order valence-electron chi connectivity index (χ4n) is 3.20. The zero-order valence-electron chi connectivity index (χ0n) is 18.1. The number of carbonyl (C=O) groups excluding carboxylic acids is 1. The second kappa shape index (κ2) is 10.1. The maximum Gasteiger partial charge on any atom is 0.282 e. The van der Waals surface area contributed by atoms with Crippen molar-refractivity contribution in [2.75, 3.05) is 46.3 Å². The molecule has 32 heavy (non-hydrogen) atoms. The van der Waals surface area contributed by atoms with Gasteiger partial charge in [-0.3, -0.25) is 19.8 Å². The number of aromatic nitrogens is 1. The number of fused-ring (bicyclic) bond motifs is 1. The highest BCUT2D eigenvalue weighted by molar-refractivity contribution is 7.22. The highest BCUT2D eigenvalue weighted by Crippen LogP contribution is 2.40. The number of anilines is 1. The minimum atomic E-state index is -0.591. The van der Waals surface area contributed by atoms with E-state index in [1.165, 1.54) is 41.5 Å². The van der Waals surface area contributed by atoms with Crippen LogP contribution in [0.25, 0.3) is 10.2 Å². The van der Waals surface area contributed by atoms with Crippen molar-refractivity contribution in [3.63, 3.8) is 0 Å². The third-order valence-corrected chi connectivity index (χ3v) is 6.08. The molecule has 1 heterocycles. The van der Waals surface area contributed by atoms with Gasteiger partial charge in [0.05, 0.1) is 19.1 Å². The summed E-state index contributed by atoms with van der Waals surface area (Å²) in [5.41, 5.74) is 0.150. The molecule has 9 nitrogen and oxygen atoms in total. The summed E-state index contributed by atoms with van der Waals surface area (Å²) in [6.07, 6.45) is 0.636. The number of benzene rings is 2. The summed E-state index contributed by atoms with van der Waals surface area (Å²) in [4.78, 5) is 32.6. The van der Waals surface area contributed by atoms with Gasteiger partial charge in [-0.25, -0.2) is 4.98 Å². The Balaban J connectivity index is 2.12. The van der Waals surface area contributed by atoms with Gasteiger partial charge in [-0.05, 0) is 51.3 Å². The van der Waals surface area contributed by atoms with E-state index >= 15 is 0 Å². The first-order chi connectivity index (χ1) is 15.3. The second-order valence-corrected chi connectivity index (χ2v) is 8.59. The average molecular weight is 479 g/mol. The number of carbonyl (C=O) groups is 1. The van der Waals surface area contributed by atoms with Gasteiger partial charge in [0.2, 0.25) is 0 Å². The molecule has 2 aromatic carbocycles. The van der Waals surface area contributed by atoms with Gasteiger partial charge in [0, 0.05) is 17.6 Å². The number of rotatable bonds is 9. The summed E-state index contributed by atoms with van der Waals surface area (Å²) >= 11 is 7.32. The predicted molar refractivity (Wildman–Crippen MR) is 126 cm³/mol. The number of hydrogen-bond acceptors (Lipinski definition) is 8. The normalized spacial score (nSPS) is 11.1. The molecule has 0 atom stereocenters. The first-order valence-corrected chi connectivity index (χ1v) is 10.9. The lowest BCUT2D eigenvalue weighted by molar-refractivity contribution is -0.385. The number of nitrogens with zero attached hydrogens (tertiary/aromatic N) is 4. The summed E-state index contributed by atoms with van der Waals surface area (Å²) in [5, 5.41) is 12.2. The minimum Gasteiger partial charge on any atom is -0.495 e. The molecule has 0 radical (unpaired) electrons. The van der Waals surface area contributed by atoms with Crippen molar-refractivity contribution in [1.82, 2.24) is 9.88 Å². The van der Waals surface area contributed by atoms with E-state index in [9.17, 15) is 14.9 Å². The topological polar surface area (TPSA) is 98.0 Å². The highest BCUT2D eigenvalue weighted by Gasteiger charge is 2.29. The van der Waals surface area contributed by atoms with E-state index in [1.54, 1.807) is 19.2 Å². The third-order valence-electron chi connectivity index (χ3n) is 4.75. The van der Waals surface area contributed by atoms with Crippen LogP contribution in [0, 0.1) is 10.1 Å². The molecular weight excluding hydrogens is 456 g/mol. The van der Waals surface area contributed by atoms with Crippen molar-refractivity contribution >= 4 is 49.9 Å². The molecule has 0 saturated heterocycles. The van der Waals surface area contributed by atoms with Crippen molar-refractivity contribution in [2.45, 2.75) is 6.42 Å². The number of amides is 1. The number of nitro groups is 1. The Kier molecular flexibility index (Phi) is 7.49. The zero-order chi connectivity index (χ0) is 23.4. The van der Waals surface area contributed by atoms with Crippen molar-refractivity contribution in [2.24, 2.45) is 0 Å². The van der Waals surface area contributed by atoms with E-state index in [1.807, 2.05) is 19.0 Å². The molecule has 0 aliphatic heterocycles. The lowest BCUT2D eigenvalue weighted by Gasteiger charge is -2.21. The lowest BCUT2D eigenvalue weighted by atomic mass is 10.1. The molecule has 3 aromatic rings. The number of hydrogen-bond donors (Lipinski definition) is 0. The van der Waals surface area contributed by atoms with Gasteiger partial charge in [-0.1, -0.05) is 22.9 Å². The van der Waals surface area contributed by atoms with Crippen LogP contribution in [0.5, 0.6) is 11.5 Å². The maximum absolute atomic E-state index is 13.5. The molecule has 0 saturated carbocycles. The Morgan fingerprint density at radius 2 is 1.84 bits per heavy atom. The van der Waals surface area contributed by atoms with Gasteiger partial charge in [0.25, 0.3) is 11.6 Å². The van der Waals surface area contributed by atoms with Crippen LogP contribution in [-0.4, -0.2) is 62.1 Å². The summed E-state index contributed by atoms with van der Waals surface area (Å²) in [6.45, 7) is 1.03. The molecule has 0 bridgehead atoms. The van der Waals surface area contributed by atoms with E-state index < -0.39 is 10.8 Å². The van der Waals surface area contributed by atoms with E-state index in [4.69, 9.17) is 21.1 Å². The molecule has 1 amide bonds. The number of thiazole rings is 1. The van der Waals surface area contributed by atoms with Crippen molar-refractivity contribution in [1.29, 1.82) is 0 Å². The van der Waals surface area contributed by atoms with Crippen molar-refractivity contribution in [3.8, 4) is 11.5 Å². The number of ether oxygens (including phenoxy) is 2. The van der Waals surface area contributed by atoms with Gasteiger partial charge >= 0.3 is 0 Å². The molecule has 0 N–H and O–H groups in total. The van der Waals surface area contributed by atoms with Crippen LogP contribution in [-0.2, 0) is 0 Å². The molecule has 0 aliphatic carbocycles. The Bertz CT molecular complexity index is 1110. The number of methoxy groups -OCH3 is 2. The Morgan fingerprint density at radius 3 is 2.47 bits per heavy atom. The lowest BCUT2D eigenvalue weighted by Crippen LogP contribution is -2.33. The number of halogens is 1. The molecule has 11 heteroatoms. The largest absolute Gasteiger partial charge is 0.495 e. The molecular formula is C21H23ClN4O5S. The number of nitro benzene ring substituents is 1. The zero-order valence-corrected chi connectivity index (χ0v) is 19.7. The van der Waals surface area contributed by atoms with E-state index in [2.05, 4.69) is 4.98 Å². The highest BCUT2D eigenvalue weighted by atomic mass is 35.5. The molecule has 0 unspecified atom stereocenters. The first-order valence-electron chi connectivity index (χ1n) is 9.68. The smallest absolute Gasteiger partial charge is 0.282 e. The molecule has 1 aromatic heterocycles. The molecule has 170 valence electrons. The summed E-state index contributed by atoms with van der Waals surface area (Å²) < 4.78 is 11.6. The van der Waals surface area contributed by atoms with Gasteiger partial charge in [-0.2, -0.15) is 0 Å². The predicted octanol–water partition coefficient (Wildman–Crippen LogP) is 4.47. The average Bonchev–Trinajstić information content (AvgIpc) is 3.20. The van der Waals surface area contributed by atoms with Crippen LogP contribution in [0.15, 0.2) is 30.3 Å². The van der Waals surface area contributed by atoms with Gasteiger partial charge in [0.15, 0.2) is 5.13 Å². The van der Waals surface area contributed by atoms with Gasteiger partial charge < -0.3 is 14.4 Å². The van der Waals surface area contributed by atoms with Crippen molar-refractivity contribution in [3.05, 3.63) is 51.0 Å². The summed E-state index contributed by atoms with van der Waals surface area (Å²) in [7, 11) is 6.95. The Hall–Kier alpha value is -2.95. The maximum atomic E-state index is 13.5. The standard InChI is InChI=1S/C21H23ClN4O5S/c1-24(2)10-5-11-25(20(27)14-12-13(22)6-7-15(14)26(28)29)21-23-18-16(30-3)8-9-17(31-4)19(18)32-21/h6-9,12H,5,10-11H2,1-4H3. The van der Waals surface area contributed by atoms with Crippen LogP contribution in [0.4, 0.5) is 10.8 Å². The van der Waals surface area contributed by atoms with Gasteiger partial charge in [-0.15, -0.1) is 0 Å². The molecule has 0 fully saturated rings. The first kappa shape index (κ1) is 23.7. The van der Waals surface area contributed by atoms with Crippen LogP contribution >= 0.6 is 22.9 Å². The van der Waals surface area contributed by atoms with Crippen LogP contribution in [0.2, 0.25) is 5.02 Å². The van der Waals surface area contributed by atoms with E-state index in [-0.39, 0.29) is 16.3 Å². The molecule has 3 rings (SSSR count). The SMILES string of the molecule is COc1ccc(OC)c2sc(N(CCCN(C)C)C(=O)c3cc(Cl)ccc3[N+](=O)[O-])nc12. The molecule has 0 aliphatic rings. The Morgan fingerprint density at radius 1 is 1.16 bits per heavy atom. The Labute approximate surface area is 194 Å². The van der Waals surface area contributed by atoms with Crippen LogP contribution in [0.1, 0.15) is 16.8 Å². The fourth-order valence-corrected chi connectivity index (χ4v) is 4.47. The quantitative estimate of drug-likeness (QED) is 0.330. The van der Waals surface area contributed by atoms with Gasteiger partial charge in [0.1, 0.15) is 27.3 Å². The molecule has 0 spiro atoms. The van der Waals surface area contributed by atoms with Crippen molar-refractivity contribution < 1.29 is 19.2 Å².